The highest BCUT2D eigenvalue weighted by atomic mass is 16.3. The minimum atomic E-state index is 0.0889. The Kier molecular flexibility index (Phi) is 4.84. The molecule has 3 nitrogen and oxygen atoms in total. The van der Waals surface area contributed by atoms with Crippen molar-refractivity contribution in [2.75, 3.05) is 19.7 Å². The molecular formula is C8H16N2O. The highest BCUT2D eigenvalue weighted by Crippen LogP contribution is 2.17. The molecule has 0 rings (SSSR count). The lowest BCUT2D eigenvalue weighted by Gasteiger charge is -2.22. The third-order valence-corrected chi connectivity index (χ3v) is 1.60. The second-order valence-electron chi connectivity index (χ2n) is 3.40. The van der Waals surface area contributed by atoms with Gasteiger partial charge in [0.15, 0.2) is 0 Å². The Hall–Kier alpha value is -0.590. The zero-order chi connectivity index (χ0) is 8.74. The summed E-state index contributed by atoms with van der Waals surface area (Å²) in [7, 11) is 0. The van der Waals surface area contributed by atoms with E-state index in [4.69, 9.17) is 10.4 Å². The van der Waals surface area contributed by atoms with Crippen LogP contribution < -0.4 is 5.32 Å². The molecule has 0 aromatic heterocycles. The van der Waals surface area contributed by atoms with Crippen molar-refractivity contribution in [3.63, 3.8) is 0 Å². The first kappa shape index (κ1) is 10.4. The lowest BCUT2D eigenvalue weighted by molar-refractivity contribution is 0.209. The number of aliphatic hydroxyl groups is 1. The average Bonchev–Trinajstić information content (AvgIpc) is 1.87. The second kappa shape index (κ2) is 5.11. The zero-order valence-corrected chi connectivity index (χ0v) is 7.22. The zero-order valence-electron chi connectivity index (χ0n) is 7.22. The molecule has 0 fully saturated rings. The molecule has 0 aromatic rings. The van der Waals surface area contributed by atoms with E-state index in [9.17, 15) is 0 Å². The number of hydrogen-bond acceptors (Lipinski definition) is 3. The van der Waals surface area contributed by atoms with Crippen LogP contribution in [0.5, 0.6) is 0 Å². The van der Waals surface area contributed by atoms with Gasteiger partial charge < -0.3 is 10.4 Å². The van der Waals surface area contributed by atoms with Crippen LogP contribution in [0.15, 0.2) is 0 Å². The molecule has 0 saturated carbocycles. The largest absolute Gasteiger partial charge is 0.396 e. The van der Waals surface area contributed by atoms with E-state index in [1.54, 1.807) is 0 Å². The molecule has 0 atom stereocenters. The van der Waals surface area contributed by atoms with E-state index in [0.717, 1.165) is 13.0 Å². The predicted molar refractivity (Wildman–Crippen MR) is 44.0 cm³/mol. The van der Waals surface area contributed by atoms with E-state index in [-0.39, 0.29) is 12.0 Å². The summed E-state index contributed by atoms with van der Waals surface area (Å²) in [6.07, 6.45) is 0.769. The molecule has 0 aliphatic heterocycles. The minimum absolute atomic E-state index is 0.0889. The fourth-order valence-electron chi connectivity index (χ4n) is 0.848. The van der Waals surface area contributed by atoms with Crippen molar-refractivity contribution >= 4 is 0 Å². The molecular weight excluding hydrogens is 140 g/mol. The Morgan fingerprint density at radius 3 is 2.64 bits per heavy atom. The summed E-state index contributed by atoms with van der Waals surface area (Å²) in [6, 6.07) is 2.01. The Morgan fingerprint density at radius 2 is 2.18 bits per heavy atom. The molecule has 64 valence electrons. The van der Waals surface area contributed by atoms with Gasteiger partial charge in [0.1, 0.15) is 0 Å². The van der Waals surface area contributed by atoms with Crippen molar-refractivity contribution in [3.8, 4) is 6.07 Å². The van der Waals surface area contributed by atoms with Crippen LogP contribution >= 0.6 is 0 Å². The van der Waals surface area contributed by atoms with Crippen molar-refractivity contribution < 1.29 is 5.11 Å². The first-order valence-corrected chi connectivity index (χ1v) is 3.81. The van der Waals surface area contributed by atoms with E-state index >= 15 is 0 Å². The molecule has 2 N–H and O–H groups in total. The van der Waals surface area contributed by atoms with Gasteiger partial charge in [-0.05, 0) is 11.8 Å². The first-order valence-electron chi connectivity index (χ1n) is 3.81. The van der Waals surface area contributed by atoms with Crippen LogP contribution in [-0.4, -0.2) is 24.8 Å². The van der Waals surface area contributed by atoms with Crippen LogP contribution in [0.25, 0.3) is 0 Å². The standard InChI is InChI=1S/C8H16N2O/c1-8(2,3-6-11)7-10-5-4-9/h10-11H,3,5-7H2,1-2H3. The van der Waals surface area contributed by atoms with Crippen molar-refractivity contribution in [1.82, 2.24) is 5.32 Å². The third-order valence-electron chi connectivity index (χ3n) is 1.60. The molecule has 3 heteroatoms. The molecule has 0 spiro atoms. The molecule has 0 aromatic carbocycles. The summed E-state index contributed by atoms with van der Waals surface area (Å²) in [5, 5.41) is 19.9. The van der Waals surface area contributed by atoms with Crippen LogP contribution in [0, 0.1) is 16.7 Å². The Morgan fingerprint density at radius 1 is 1.55 bits per heavy atom. The fraction of sp³-hybridized carbons (Fsp3) is 0.875. The van der Waals surface area contributed by atoms with Crippen molar-refractivity contribution in [3.05, 3.63) is 0 Å². The Balaban J connectivity index is 3.48. The van der Waals surface area contributed by atoms with E-state index in [1.165, 1.54) is 0 Å². The highest BCUT2D eigenvalue weighted by molar-refractivity contribution is 4.77. The van der Waals surface area contributed by atoms with Crippen LogP contribution in [0.3, 0.4) is 0 Å². The van der Waals surface area contributed by atoms with Gasteiger partial charge in [-0.3, -0.25) is 0 Å². The summed E-state index contributed by atoms with van der Waals surface area (Å²) in [5.74, 6) is 0. The number of nitrogens with one attached hydrogen (secondary N) is 1. The number of rotatable bonds is 5. The maximum absolute atomic E-state index is 8.67. The highest BCUT2D eigenvalue weighted by Gasteiger charge is 2.15. The quantitative estimate of drug-likeness (QED) is 0.450. The topological polar surface area (TPSA) is 56.0 Å². The SMILES string of the molecule is CC(C)(CCO)CNCC#N. The van der Waals surface area contributed by atoms with E-state index < -0.39 is 0 Å². The fourth-order valence-corrected chi connectivity index (χ4v) is 0.848. The van der Waals surface area contributed by atoms with Crippen LogP contribution in [0.2, 0.25) is 0 Å². The van der Waals surface area contributed by atoms with Gasteiger partial charge in [0.25, 0.3) is 0 Å². The van der Waals surface area contributed by atoms with E-state index in [2.05, 4.69) is 19.2 Å². The number of nitriles is 1. The normalized spacial score (nSPS) is 11.1. The van der Waals surface area contributed by atoms with Gasteiger partial charge in [0, 0.05) is 13.2 Å². The molecule has 0 aliphatic carbocycles. The van der Waals surface area contributed by atoms with E-state index in [1.807, 2.05) is 6.07 Å². The molecule has 0 unspecified atom stereocenters. The van der Waals surface area contributed by atoms with Gasteiger partial charge in [0.05, 0.1) is 12.6 Å². The molecule has 0 saturated heterocycles. The molecule has 0 aliphatic rings. The Labute approximate surface area is 68.0 Å². The van der Waals surface area contributed by atoms with Crippen LogP contribution in [-0.2, 0) is 0 Å². The lowest BCUT2D eigenvalue weighted by atomic mass is 9.90. The predicted octanol–water partition coefficient (Wildman–Crippen LogP) is 0.508. The van der Waals surface area contributed by atoms with Gasteiger partial charge in [-0.25, -0.2) is 0 Å². The average molecular weight is 156 g/mol. The number of nitrogens with zero attached hydrogens (tertiary/aromatic N) is 1. The number of hydrogen-bond donors (Lipinski definition) is 2. The van der Waals surface area contributed by atoms with Gasteiger partial charge in [0.2, 0.25) is 0 Å². The second-order valence-corrected chi connectivity index (χ2v) is 3.40. The van der Waals surface area contributed by atoms with E-state index in [0.29, 0.717) is 6.54 Å². The van der Waals surface area contributed by atoms with Gasteiger partial charge >= 0.3 is 0 Å². The monoisotopic (exact) mass is 156 g/mol. The third kappa shape index (κ3) is 5.84. The summed E-state index contributed by atoms with van der Waals surface area (Å²) in [5.41, 5.74) is 0.0889. The minimum Gasteiger partial charge on any atom is -0.396 e. The van der Waals surface area contributed by atoms with Crippen LogP contribution in [0.4, 0.5) is 0 Å². The lowest BCUT2D eigenvalue weighted by Crippen LogP contribution is -2.30. The molecule has 0 heterocycles. The maximum atomic E-state index is 8.67. The molecule has 0 radical (unpaired) electrons. The molecule has 0 bridgehead atoms. The number of aliphatic hydroxyl groups excluding tert-OH is 1. The van der Waals surface area contributed by atoms with Crippen molar-refractivity contribution in [1.29, 1.82) is 5.26 Å². The van der Waals surface area contributed by atoms with Crippen LogP contribution in [0.1, 0.15) is 20.3 Å². The van der Waals surface area contributed by atoms with Crippen molar-refractivity contribution in [2.45, 2.75) is 20.3 Å². The van der Waals surface area contributed by atoms with Gasteiger partial charge in [-0.15, -0.1) is 0 Å². The Bertz CT molecular complexity index is 138. The summed E-state index contributed by atoms with van der Waals surface area (Å²) in [4.78, 5) is 0. The van der Waals surface area contributed by atoms with Gasteiger partial charge in [-0.2, -0.15) is 5.26 Å². The smallest absolute Gasteiger partial charge is 0.0841 e. The summed E-state index contributed by atoms with van der Waals surface area (Å²) >= 11 is 0. The van der Waals surface area contributed by atoms with Crippen molar-refractivity contribution in [2.24, 2.45) is 5.41 Å². The summed E-state index contributed by atoms with van der Waals surface area (Å²) < 4.78 is 0. The molecule has 11 heavy (non-hydrogen) atoms. The maximum Gasteiger partial charge on any atom is 0.0841 e. The summed E-state index contributed by atoms with van der Waals surface area (Å²) in [6.45, 7) is 5.50. The first-order chi connectivity index (χ1) is 5.12. The van der Waals surface area contributed by atoms with Gasteiger partial charge in [-0.1, -0.05) is 13.8 Å². The molecule has 0 amide bonds.